The molecule has 1 saturated heterocycles. The number of hydrogen-bond acceptors (Lipinski definition) is 3. The molecule has 0 unspecified atom stereocenters. The number of carboxylic acids is 1. The standard InChI is InChI=1S/C8H14O2S2/c1-2-3-4-5-6-8(7(9)10)11-12-8/h2-6H2,1H3,(H,9,10). The fourth-order valence-corrected chi connectivity index (χ4v) is 3.02. The SMILES string of the molecule is CCCCCCC1(C(=O)O)SS1. The third-order valence-corrected chi connectivity index (χ3v) is 5.00. The Bertz CT molecular complexity index is 166. The fraction of sp³-hybridized carbons (Fsp3) is 0.875. The van der Waals surface area contributed by atoms with Crippen molar-refractivity contribution in [2.75, 3.05) is 0 Å². The van der Waals surface area contributed by atoms with Crippen LogP contribution in [-0.2, 0) is 4.79 Å². The lowest BCUT2D eigenvalue weighted by atomic mass is 10.1. The van der Waals surface area contributed by atoms with Gasteiger partial charge in [0.2, 0.25) is 0 Å². The molecular weight excluding hydrogens is 192 g/mol. The number of unbranched alkanes of at least 4 members (excludes halogenated alkanes) is 3. The van der Waals surface area contributed by atoms with Crippen LogP contribution in [0.25, 0.3) is 0 Å². The predicted octanol–water partition coefficient (Wildman–Crippen LogP) is 3.13. The Balaban J connectivity index is 2.10. The zero-order valence-corrected chi connectivity index (χ0v) is 8.84. The van der Waals surface area contributed by atoms with E-state index in [2.05, 4.69) is 6.92 Å². The summed E-state index contributed by atoms with van der Waals surface area (Å²) in [6.07, 6.45) is 5.50. The highest BCUT2D eigenvalue weighted by Gasteiger charge is 2.53. The molecule has 1 N–H and O–H groups in total. The Hall–Kier alpha value is 0.170. The molecule has 70 valence electrons. The van der Waals surface area contributed by atoms with E-state index < -0.39 is 10.0 Å². The van der Waals surface area contributed by atoms with E-state index in [0.717, 1.165) is 12.8 Å². The summed E-state index contributed by atoms with van der Waals surface area (Å²) in [6.45, 7) is 2.16. The minimum absolute atomic E-state index is 0.451. The van der Waals surface area contributed by atoms with Crippen molar-refractivity contribution < 1.29 is 9.90 Å². The maximum absolute atomic E-state index is 10.7. The summed E-state index contributed by atoms with van der Waals surface area (Å²) in [4.78, 5) is 10.7. The van der Waals surface area contributed by atoms with Gasteiger partial charge in [0.1, 0.15) is 0 Å². The lowest BCUT2D eigenvalue weighted by Crippen LogP contribution is -2.18. The van der Waals surface area contributed by atoms with Gasteiger partial charge in [0, 0.05) is 0 Å². The largest absolute Gasteiger partial charge is 0.480 e. The van der Waals surface area contributed by atoms with E-state index >= 15 is 0 Å². The van der Waals surface area contributed by atoms with Gasteiger partial charge in [-0.2, -0.15) is 0 Å². The van der Waals surface area contributed by atoms with Gasteiger partial charge < -0.3 is 5.11 Å². The number of carboxylic acid groups (broad SMARTS) is 1. The van der Waals surface area contributed by atoms with Gasteiger partial charge in [-0.15, -0.1) is 0 Å². The third-order valence-electron chi connectivity index (χ3n) is 1.97. The molecule has 2 nitrogen and oxygen atoms in total. The number of rotatable bonds is 6. The second-order valence-corrected chi connectivity index (χ2v) is 6.02. The summed E-state index contributed by atoms with van der Waals surface area (Å²) in [6, 6.07) is 0. The van der Waals surface area contributed by atoms with Crippen molar-refractivity contribution in [3.05, 3.63) is 0 Å². The van der Waals surface area contributed by atoms with Crippen LogP contribution < -0.4 is 0 Å². The maximum atomic E-state index is 10.7. The Morgan fingerprint density at radius 3 is 2.42 bits per heavy atom. The molecule has 0 amide bonds. The van der Waals surface area contributed by atoms with Crippen LogP contribution in [0.5, 0.6) is 0 Å². The Kier molecular flexibility index (Phi) is 3.77. The average Bonchev–Trinajstić information content (AvgIpc) is 2.79. The van der Waals surface area contributed by atoms with E-state index in [-0.39, 0.29) is 0 Å². The van der Waals surface area contributed by atoms with Crippen LogP contribution in [-0.4, -0.2) is 15.2 Å². The second-order valence-electron chi connectivity index (χ2n) is 3.04. The van der Waals surface area contributed by atoms with Crippen LogP contribution in [0.15, 0.2) is 0 Å². The Labute approximate surface area is 80.9 Å². The van der Waals surface area contributed by atoms with Crippen LogP contribution in [0.3, 0.4) is 0 Å². The third kappa shape index (κ3) is 2.59. The summed E-state index contributed by atoms with van der Waals surface area (Å²) in [7, 11) is 3.00. The van der Waals surface area contributed by atoms with Crippen molar-refractivity contribution in [3.8, 4) is 0 Å². The smallest absolute Gasteiger partial charge is 0.331 e. The summed E-state index contributed by atoms with van der Waals surface area (Å²) in [5, 5.41) is 8.82. The molecule has 4 heteroatoms. The first kappa shape index (κ1) is 10.3. The van der Waals surface area contributed by atoms with Gasteiger partial charge >= 0.3 is 5.97 Å². The van der Waals surface area contributed by atoms with E-state index in [1.54, 1.807) is 0 Å². The van der Waals surface area contributed by atoms with Crippen LogP contribution in [0, 0.1) is 0 Å². The molecule has 0 radical (unpaired) electrons. The Morgan fingerprint density at radius 2 is 2.00 bits per heavy atom. The zero-order valence-electron chi connectivity index (χ0n) is 7.21. The summed E-state index contributed by atoms with van der Waals surface area (Å²) >= 11 is 0. The molecule has 1 rings (SSSR count). The van der Waals surface area contributed by atoms with Crippen molar-refractivity contribution >= 4 is 27.6 Å². The van der Waals surface area contributed by atoms with Gasteiger partial charge in [-0.1, -0.05) is 54.2 Å². The lowest BCUT2D eigenvalue weighted by molar-refractivity contribution is -0.137. The molecule has 0 spiro atoms. The number of carbonyl (C=O) groups is 1. The molecule has 1 fully saturated rings. The topological polar surface area (TPSA) is 37.3 Å². The molecule has 12 heavy (non-hydrogen) atoms. The first-order valence-electron chi connectivity index (χ1n) is 4.31. The molecule has 0 aliphatic carbocycles. The Morgan fingerprint density at radius 1 is 1.33 bits per heavy atom. The van der Waals surface area contributed by atoms with Gasteiger partial charge in [0.15, 0.2) is 4.08 Å². The van der Waals surface area contributed by atoms with Gasteiger partial charge in [0.25, 0.3) is 0 Å². The molecule has 0 aromatic heterocycles. The molecule has 0 aromatic rings. The normalized spacial score (nSPS) is 19.1. The lowest BCUT2D eigenvalue weighted by Gasteiger charge is -2.04. The summed E-state index contributed by atoms with van der Waals surface area (Å²) in [5.74, 6) is -0.644. The van der Waals surface area contributed by atoms with Crippen molar-refractivity contribution in [1.29, 1.82) is 0 Å². The molecular formula is C8H14O2S2. The van der Waals surface area contributed by atoms with Crippen molar-refractivity contribution in [3.63, 3.8) is 0 Å². The van der Waals surface area contributed by atoms with Gasteiger partial charge in [-0.25, -0.2) is 4.79 Å². The highest BCUT2D eigenvalue weighted by molar-refractivity contribution is 8.94. The highest BCUT2D eigenvalue weighted by Crippen LogP contribution is 2.67. The van der Waals surface area contributed by atoms with E-state index in [1.807, 2.05) is 0 Å². The monoisotopic (exact) mass is 206 g/mol. The van der Waals surface area contributed by atoms with Gasteiger partial charge in [-0.3, -0.25) is 0 Å². The summed E-state index contributed by atoms with van der Waals surface area (Å²) < 4.78 is -0.451. The first-order chi connectivity index (χ1) is 5.71. The van der Waals surface area contributed by atoms with E-state index in [4.69, 9.17) is 5.11 Å². The minimum atomic E-state index is -0.644. The van der Waals surface area contributed by atoms with Gasteiger partial charge in [0.05, 0.1) is 0 Å². The van der Waals surface area contributed by atoms with Crippen molar-refractivity contribution in [2.24, 2.45) is 0 Å². The van der Waals surface area contributed by atoms with Crippen LogP contribution in [0.2, 0.25) is 0 Å². The predicted molar refractivity (Wildman–Crippen MR) is 54.3 cm³/mol. The molecule has 1 aliphatic heterocycles. The average molecular weight is 206 g/mol. The number of aliphatic carboxylic acids is 1. The van der Waals surface area contributed by atoms with E-state index in [0.29, 0.717) is 0 Å². The molecule has 0 atom stereocenters. The fourth-order valence-electron chi connectivity index (χ4n) is 1.10. The molecule has 1 heterocycles. The summed E-state index contributed by atoms with van der Waals surface area (Å²) in [5.41, 5.74) is 0. The first-order valence-corrected chi connectivity index (χ1v) is 6.46. The number of hydrogen-bond donors (Lipinski definition) is 1. The zero-order chi connectivity index (χ0) is 9.03. The second kappa shape index (κ2) is 4.42. The van der Waals surface area contributed by atoms with Crippen LogP contribution in [0.4, 0.5) is 0 Å². The minimum Gasteiger partial charge on any atom is -0.480 e. The van der Waals surface area contributed by atoms with Gasteiger partial charge in [-0.05, 0) is 6.42 Å². The van der Waals surface area contributed by atoms with Crippen LogP contribution >= 0.6 is 21.6 Å². The van der Waals surface area contributed by atoms with E-state index in [9.17, 15) is 4.79 Å². The van der Waals surface area contributed by atoms with Crippen molar-refractivity contribution in [2.45, 2.75) is 43.1 Å². The quantitative estimate of drug-likeness (QED) is 0.411. The molecule has 0 saturated carbocycles. The van der Waals surface area contributed by atoms with E-state index in [1.165, 1.54) is 40.9 Å². The van der Waals surface area contributed by atoms with Crippen molar-refractivity contribution in [1.82, 2.24) is 0 Å². The van der Waals surface area contributed by atoms with Crippen LogP contribution in [0.1, 0.15) is 39.0 Å². The molecule has 0 bridgehead atoms. The molecule has 0 aromatic carbocycles. The highest BCUT2D eigenvalue weighted by atomic mass is 33.2. The molecule has 1 aliphatic rings. The maximum Gasteiger partial charge on any atom is 0.331 e.